The van der Waals surface area contributed by atoms with Crippen LogP contribution in [-0.2, 0) is 6.42 Å². The molecule has 0 bridgehead atoms. The summed E-state index contributed by atoms with van der Waals surface area (Å²) in [5.41, 5.74) is 1.33. The van der Waals surface area contributed by atoms with E-state index >= 15 is 0 Å². The highest BCUT2D eigenvalue weighted by Crippen LogP contribution is 2.19. The lowest BCUT2D eigenvalue weighted by Gasteiger charge is -2.11. The predicted molar refractivity (Wildman–Crippen MR) is 61.5 cm³/mol. The molecule has 0 fully saturated rings. The van der Waals surface area contributed by atoms with E-state index in [0.29, 0.717) is 17.5 Å². The molecule has 17 heavy (non-hydrogen) atoms. The largest absolute Gasteiger partial charge is 0.388 e. The van der Waals surface area contributed by atoms with Crippen LogP contribution in [0.4, 0.5) is 8.78 Å². The van der Waals surface area contributed by atoms with Crippen molar-refractivity contribution in [2.75, 3.05) is 0 Å². The third-order valence-electron chi connectivity index (χ3n) is 2.57. The molecule has 1 N–H and O–H groups in total. The monoisotopic (exact) mass is 234 g/mol. The lowest BCUT2D eigenvalue weighted by molar-refractivity contribution is 0.178. The Morgan fingerprint density at radius 3 is 2.29 bits per heavy atom. The first-order valence-corrected chi connectivity index (χ1v) is 5.33. The minimum atomic E-state index is -0.752. The predicted octanol–water partition coefficient (Wildman–Crippen LogP) is 3.24. The van der Waals surface area contributed by atoms with Gasteiger partial charge in [-0.15, -0.1) is 0 Å². The molecular formula is C14H12F2O. The van der Waals surface area contributed by atoms with Crippen molar-refractivity contribution in [3.63, 3.8) is 0 Å². The standard InChI is InChI=1S/C14H12F2O/c15-12-6-4-11(5-7-12)14(17)9-10-2-1-3-13(16)8-10/h1-8,14,17H,9H2. The summed E-state index contributed by atoms with van der Waals surface area (Å²) in [7, 11) is 0. The van der Waals surface area contributed by atoms with Gasteiger partial charge in [-0.2, -0.15) is 0 Å². The molecule has 0 saturated carbocycles. The maximum atomic E-state index is 12.9. The van der Waals surface area contributed by atoms with Gasteiger partial charge in [0.05, 0.1) is 6.10 Å². The van der Waals surface area contributed by atoms with E-state index in [-0.39, 0.29) is 11.6 Å². The van der Waals surface area contributed by atoms with Crippen LogP contribution in [0.3, 0.4) is 0 Å². The van der Waals surface area contributed by atoms with Gasteiger partial charge in [-0.25, -0.2) is 8.78 Å². The minimum absolute atomic E-state index is 0.309. The van der Waals surface area contributed by atoms with E-state index in [0.717, 1.165) is 0 Å². The summed E-state index contributed by atoms with van der Waals surface area (Å²) in [6.45, 7) is 0. The molecule has 0 heterocycles. The van der Waals surface area contributed by atoms with E-state index in [9.17, 15) is 13.9 Å². The Bertz CT molecular complexity index is 494. The smallest absolute Gasteiger partial charge is 0.123 e. The zero-order valence-corrected chi connectivity index (χ0v) is 9.11. The number of aliphatic hydroxyl groups is 1. The van der Waals surface area contributed by atoms with Crippen LogP contribution < -0.4 is 0 Å². The Labute approximate surface area is 98.3 Å². The van der Waals surface area contributed by atoms with Crippen LogP contribution in [0.1, 0.15) is 17.2 Å². The summed E-state index contributed by atoms with van der Waals surface area (Å²) in [5.74, 6) is -0.666. The third-order valence-corrected chi connectivity index (χ3v) is 2.57. The molecule has 0 radical (unpaired) electrons. The van der Waals surface area contributed by atoms with Crippen LogP contribution in [0.2, 0.25) is 0 Å². The Kier molecular flexibility index (Phi) is 3.49. The van der Waals surface area contributed by atoms with Crippen molar-refractivity contribution in [3.8, 4) is 0 Å². The number of hydrogen-bond acceptors (Lipinski definition) is 1. The molecule has 0 aliphatic rings. The van der Waals surface area contributed by atoms with Gasteiger partial charge in [0.1, 0.15) is 11.6 Å². The molecule has 3 heteroatoms. The summed E-state index contributed by atoms with van der Waals surface area (Å²) in [6, 6.07) is 11.7. The fourth-order valence-electron chi connectivity index (χ4n) is 1.69. The molecule has 2 rings (SSSR count). The number of rotatable bonds is 3. The SMILES string of the molecule is OC(Cc1cccc(F)c1)c1ccc(F)cc1. The molecule has 2 aromatic rings. The molecule has 0 amide bonds. The highest BCUT2D eigenvalue weighted by atomic mass is 19.1. The Balaban J connectivity index is 2.11. The number of halogens is 2. The highest BCUT2D eigenvalue weighted by Gasteiger charge is 2.09. The van der Waals surface area contributed by atoms with Crippen molar-refractivity contribution < 1.29 is 13.9 Å². The van der Waals surface area contributed by atoms with Gasteiger partial charge in [0.2, 0.25) is 0 Å². The average Bonchev–Trinajstić information content (AvgIpc) is 2.29. The second-order valence-electron chi connectivity index (χ2n) is 3.90. The molecule has 1 atom stereocenters. The first-order valence-electron chi connectivity index (χ1n) is 5.33. The minimum Gasteiger partial charge on any atom is -0.388 e. The Morgan fingerprint density at radius 1 is 0.941 bits per heavy atom. The lowest BCUT2D eigenvalue weighted by Crippen LogP contribution is -2.02. The highest BCUT2D eigenvalue weighted by molar-refractivity contribution is 5.23. The first-order chi connectivity index (χ1) is 8.15. The Morgan fingerprint density at radius 2 is 1.65 bits per heavy atom. The lowest BCUT2D eigenvalue weighted by atomic mass is 10.0. The average molecular weight is 234 g/mol. The van der Waals surface area contributed by atoms with Gasteiger partial charge < -0.3 is 5.11 Å². The number of hydrogen-bond donors (Lipinski definition) is 1. The van der Waals surface area contributed by atoms with Crippen molar-refractivity contribution in [3.05, 3.63) is 71.3 Å². The van der Waals surface area contributed by atoms with Crippen LogP contribution in [0, 0.1) is 11.6 Å². The second-order valence-corrected chi connectivity index (χ2v) is 3.90. The van der Waals surface area contributed by atoms with E-state index in [4.69, 9.17) is 0 Å². The van der Waals surface area contributed by atoms with E-state index in [1.807, 2.05) is 0 Å². The van der Waals surface area contributed by atoms with Crippen molar-refractivity contribution in [1.29, 1.82) is 0 Å². The maximum Gasteiger partial charge on any atom is 0.123 e. The summed E-state index contributed by atoms with van der Waals surface area (Å²) in [5, 5.41) is 9.91. The molecule has 0 aliphatic carbocycles. The maximum absolute atomic E-state index is 12.9. The molecule has 2 aromatic carbocycles. The van der Waals surface area contributed by atoms with Crippen molar-refractivity contribution in [2.45, 2.75) is 12.5 Å². The molecule has 0 spiro atoms. The molecule has 1 nitrogen and oxygen atoms in total. The third kappa shape index (κ3) is 3.11. The Hall–Kier alpha value is -1.74. The van der Waals surface area contributed by atoms with E-state index < -0.39 is 6.10 Å². The summed E-state index contributed by atoms with van der Waals surface area (Å²) >= 11 is 0. The molecule has 0 aliphatic heterocycles. The molecule has 0 saturated heterocycles. The zero-order valence-electron chi connectivity index (χ0n) is 9.11. The molecule has 0 aromatic heterocycles. The number of aliphatic hydroxyl groups excluding tert-OH is 1. The normalized spacial score (nSPS) is 12.4. The van der Waals surface area contributed by atoms with Gasteiger partial charge in [0.25, 0.3) is 0 Å². The quantitative estimate of drug-likeness (QED) is 0.864. The van der Waals surface area contributed by atoms with Gasteiger partial charge in [0.15, 0.2) is 0 Å². The van der Waals surface area contributed by atoms with Gasteiger partial charge in [-0.05, 0) is 35.4 Å². The van der Waals surface area contributed by atoms with Gasteiger partial charge >= 0.3 is 0 Å². The van der Waals surface area contributed by atoms with E-state index in [2.05, 4.69) is 0 Å². The molecule has 88 valence electrons. The molecule has 1 unspecified atom stereocenters. The first kappa shape index (κ1) is 11.7. The van der Waals surface area contributed by atoms with Crippen LogP contribution in [0.25, 0.3) is 0 Å². The van der Waals surface area contributed by atoms with Crippen LogP contribution in [-0.4, -0.2) is 5.11 Å². The summed E-state index contributed by atoms with van der Waals surface area (Å²) in [4.78, 5) is 0. The fourth-order valence-corrected chi connectivity index (χ4v) is 1.69. The topological polar surface area (TPSA) is 20.2 Å². The van der Waals surface area contributed by atoms with E-state index in [1.165, 1.54) is 36.4 Å². The molecular weight excluding hydrogens is 222 g/mol. The van der Waals surface area contributed by atoms with Crippen molar-refractivity contribution in [2.24, 2.45) is 0 Å². The van der Waals surface area contributed by atoms with Crippen molar-refractivity contribution >= 4 is 0 Å². The summed E-state index contributed by atoms with van der Waals surface area (Å²) < 4.78 is 25.6. The van der Waals surface area contributed by atoms with Crippen LogP contribution in [0.5, 0.6) is 0 Å². The van der Waals surface area contributed by atoms with Crippen LogP contribution >= 0.6 is 0 Å². The van der Waals surface area contributed by atoms with Gasteiger partial charge in [-0.1, -0.05) is 24.3 Å². The van der Waals surface area contributed by atoms with Crippen LogP contribution in [0.15, 0.2) is 48.5 Å². The zero-order chi connectivity index (χ0) is 12.3. The van der Waals surface area contributed by atoms with Gasteiger partial charge in [0, 0.05) is 6.42 Å². The van der Waals surface area contributed by atoms with Crippen molar-refractivity contribution in [1.82, 2.24) is 0 Å². The van der Waals surface area contributed by atoms with Gasteiger partial charge in [-0.3, -0.25) is 0 Å². The van der Waals surface area contributed by atoms with E-state index in [1.54, 1.807) is 12.1 Å². The second kappa shape index (κ2) is 5.06. The number of benzene rings is 2. The summed E-state index contributed by atoms with van der Waals surface area (Å²) in [6.07, 6.45) is -0.443. The fraction of sp³-hybridized carbons (Fsp3) is 0.143.